The van der Waals surface area contributed by atoms with E-state index in [0.717, 1.165) is 0 Å². The highest BCUT2D eigenvalue weighted by molar-refractivity contribution is 7.89. The molecule has 0 aromatic heterocycles. The summed E-state index contributed by atoms with van der Waals surface area (Å²) in [7, 11) is -0.656. The van der Waals surface area contributed by atoms with Crippen LogP contribution in [0.3, 0.4) is 0 Å². The molecule has 1 aromatic rings. The normalized spacial score (nSPS) is 13.0. The Labute approximate surface area is 126 Å². The van der Waals surface area contributed by atoms with E-state index in [-0.39, 0.29) is 11.4 Å². The molecule has 0 spiro atoms. The molecule has 0 saturated carbocycles. The van der Waals surface area contributed by atoms with Gasteiger partial charge in [-0.1, -0.05) is 0 Å². The summed E-state index contributed by atoms with van der Waals surface area (Å²) in [6.07, 6.45) is 0.689. The molecule has 1 aromatic carbocycles. The topological polar surface area (TPSA) is 84.9 Å². The maximum absolute atomic E-state index is 12.3. The first-order valence-corrected chi connectivity index (χ1v) is 8.20. The van der Waals surface area contributed by atoms with Crippen LogP contribution in [0.5, 0.6) is 11.5 Å². The minimum absolute atomic E-state index is 0.164. The third kappa shape index (κ3) is 4.87. The minimum atomic E-state index is -3.61. The lowest BCUT2D eigenvalue weighted by Crippen LogP contribution is -2.26. The molecule has 7 heteroatoms. The van der Waals surface area contributed by atoms with Gasteiger partial charge in [-0.3, -0.25) is 0 Å². The van der Waals surface area contributed by atoms with Gasteiger partial charge in [0.2, 0.25) is 10.0 Å². The molecule has 120 valence electrons. The number of aliphatic hydroxyl groups excluding tert-OH is 1. The summed E-state index contributed by atoms with van der Waals surface area (Å²) in [5.41, 5.74) is 0.579. The van der Waals surface area contributed by atoms with Crippen molar-refractivity contribution in [2.45, 2.75) is 37.7 Å². The van der Waals surface area contributed by atoms with Crippen LogP contribution < -0.4 is 14.2 Å². The fraction of sp³-hybridized carbons (Fsp3) is 0.571. The number of ether oxygens (including phenoxy) is 2. The fourth-order valence-electron chi connectivity index (χ4n) is 1.93. The van der Waals surface area contributed by atoms with Gasteiger partial charge in [0.1, 0.15) is 0 Å². The fourth-order valence-corrected chi connectivity index (χ4v) is 3.25. The van der Waals surface area contributed by atoms with Gasteiger partial charge < -0.3 is 14.6 Å². The summed E-state index contributed by atoms with van der Waals surface area (Å²) in [5, 5.41) is 9.16. The average Bonchev–Trinajstić information content (AvgIpc) is 2.42. The number of aryl methyl sites for hydroxylation is 1. The molecule has 0 aliphatic heterocycles. The molecule has 1 rings (SSSR count). The predicted octanol–water partition coefficient (Wildman–Crippen LogP) is 1.45. The molecule has 2 N–H and O–H groups in total. The minimum Gasteiger partial charge on any atom is -0.493 e. The largest absolute Gasteiger partial charge is 0.493 e. The summed E-state index contributed by atoms with van der Waals surface area (Å²) in [5.74, 6) is 0.857. The van der Waals surface area contributed by atoms with Crippen LogP contribution >= 0.6 is 0 Å². The Balaban J connectivity index is 2.92. The van der Waals surface area contributed by atoms with Crippen molar-refractivity contribution >= 4 is 10.0 Å². The lowest BCUT2D eigenvalue weighted by molar-refractivity contribution is 0.182. The molecule has 1 unspecified atom stereocenters. The zero-order chi connectivity index (χ0) is 16.0. The molecule has 0 fully saturated rings. The second kappa shape index (κ2) is 7.63. The van der Waals surface area contributed by atoms with Crippen molar-refractivity contribution in [2.24, 2.45) is 0 Å². The first-order valence-electron chi connectivity index (χ1n) is 6.72. The standard InChI is InChI=1S/C14H23NO5S/c1-10-8-12(19-3)13(20-4)9-14(10)21(17,18)15-7-5-6-11(2)16/h8-9,11,15-16H,5-7H2,1-4H3. The number of hydrogen-bond acceptors (Lipinski definition) is 5. The van der Waals surface area contributed by atoms with E-state index >= 15 is 0 Å². The van der Waals surface area contributed by atoms with Crippen molar-refractivity contribution in [1.29, 1.82) is 0 Å². The van der Waals surface area contributed by atoms with Gasteiger partial charge in [0, 0.05) is 12.6 Å². The van der Waals surface area contributed by atoms with Crippen molar-refractivity contribution in [3.8, 4) is 11.5 Å². The van der Waals surface area contributed by atoms with Crippen LogP contribution in [-0.2, 0) is 10.0 Å². The first kappa shape index (κ1) is 17.7. The van der Waals surface area contributed by atoms with Crippen LogP contribution in [-0.4, -0.2) is 40.4 Å². The summed E-state index contributed by atoms with van der Waals surface area (Å²) >= 11 is 0. The first-order chi connectivity index (χ1) is 9.81. The van der Waals surface area contributed by atoms with Crippen LogP contribution in [0.1, 0.15) is 25.3 Å². The Morgan fingerprint density at radius 2 is 1.81 bits per heavy atom. The van der Waals surface area contributed by atoms with Crippen LogP contribution in [0, 0.1) is 6.92 Å². The quantitative estimate of drug-likeness (QED) is 0.709. The number of methoxy groups -OCH3 is 2. The molecule has 0 aliphatic rings. The molecule has 0 heterocycles. The number of sulfonamides is 1. The Hall–Kier alpha value is -1.31. The zero-order valence-corrected chi connectivity index (χ0v) is 13.7. The average molecular weight is 317 g/mol. The van der Waals surface area contributed by atoms with Crippen molar-refractivity contribution in [3.05, 3.63) is 17.7 Å². The van der Waals surface area contributed by atoms with Crippen molar-refractivity contribution in [1.82, 2.24) is 4.72 Å². The Bertz CT molecular complexity index is 569. The van der Waals surface area contributed by atoms with Crippen LogP contribution in [0.4, 0.5) is 0 Å². The van der Waals surface area contributed by atoms with E-state index in [4.69, 9.17) is 14.6 Å². The maximum Gasteiger partial charge on any atom is 0.240 e. The Morgan fingerprint density at radius 1 is 1.24 bits per heavy atom. The number of aliphatic hydroxyl groups is 1. The number of nitrogens with one attached hydrogen (secondary N) is 1. The molecular weight excluding hydrogens is 294 g/mol. The lowest BCUT2D eigenvalue weighted by Gasteiger charge is -2.14. The number of benzene rings is 1. The van der Waals surface area contributed by atoms with E-state index in [9.17, 15) is 8.42 Å². The smallest absolute Gasteiger partial charge is 0.240 e. The van der Waals surface area contributed by atoms with Crippen molar-refractivity contribution in [3.63, 3.8) is 0 Å². The van der Waals surface area contributed by atoms with Gasteiger partial charge in [0.25, 0.3) is 0 Å². The Kier molecular flexibility index (Phi) is 6.44. The van der Waals surface area contributed by atoms with Crippen LogP contribution in [0.25, 0.3) is 0 Å². The highest BCUT2D eigenvalue weighted by Gasteiger charge is 2.19. The van der Waals surface area contributed by atoms with Gasteiger partial charge in [-0.25, -0.2) is 13.1 Å². The molecule has 0 radical (unpaired) electrons. The summed E-state index contributed by atoms with van der Waals surface area (Å²) < 4.78 is 37.4. The van der Waals surface area contributed by atoms with E-state index in [1.807, 2.05) is 0 Å². The predicted molar refractivity (Wildman–Crippen MR) is 80.4 cm³/mol. The molecule has 0 amide bonds. The monoisotopic (exact) mass is 317 g/mol. The van der Waals surface area contributed by atoms with Gasteiger partial charge >= 0.3 is 0 Å². The second-order valence-corrected chi connectivity index (χ2v) is 6.60. The van der Waals surface area contributed by atoms with Gasteiger partial charge in [-0.2, -0.15) is 0 Å². The van der Waals surface area contributed by atoms with Crippen LogP contribution in [0.2, 0.25) is 0 Å². The van der Waals surface area contributed by atoms with Gasteiger partial charge in [-0.15, -0.1) is 0 Å². The molecular formula is C14H23NO5S. The van der Waals surface area contributed by atoms with E-state index in [0.29, 0.717) is 29.9 Å². The molecule has 0 aliphatic carbocycles. The van der Waals surface area contributed by atoms with E-state index < -0.39 is 16.1 Å². The van der Waals surface area contributed by atoms with Gasteiger partial charge in [-0.05, 0) is 38.3 Å². The maximum atomic E-state index is 12.3. The molecule has 6 nitrogen and oxygen atoms in total. The highest BCUT2D eigenvalue weighted by atomic mass is 32.2. The van der Waals surface area contributed by atoms with Crippen LogP contribution in [0.15, 0.2) is 17.0 Å². The van der Waals surface area contributed by atoms with E-state index in [1.165, 1.54) is 20.3 Å². The number of hydrogen-bond donors (Lipinski definition) is 2. The summed E-state index contributed by atoms with van der Waals surface area (Å²) in [6, 6.07) is 3.08. The molecule has 0 bridgehead atoms. The van der Waals surface area contributed by atoms with Crippen molar-refractivity contribution in [2.75, 3.05) is 20.8 Å². The van der Waals surface area contributed by atoms with Gasteiger partial charge in [0.15, 0.2) is 11.5 Å². The highest BCUT2D eigenvalue weighted by Crippen LogP contribution is 2.32. The SMILES string of the molecule is COc1cc(C)c(S(=O)(=O)NCCCC(C)O)cc1OC. The molecule has 0 saturated heterocycles. The second-order valence-electron chi connectivity index (χ2n) is 4.86. The van der Waals surface area contributed by atoms with Gasteiger partial charge in [0.05, 0.1) is 25.2 Å². The van der Waals surface area contributed by atoms with E-state index in [2.05, 4.69) is 4.72 Å². The molecule has 1 atom stereocenters. The zero-order valence-electron chi connectivity index (χ0n) is 12.8. The van der Waals surface area contributed by atoms with Crippen molar-refractivity contribution < 1.29 is 23.0 Å². The Morgan fingerprint density at radius 3 is 2.33 bits per heavy atom. The lowest BCUT2D eigenvalue weighted by atomic mass is 10.2. The summed E-state index contributed by atoms with van der Waals surface area (Å²) in [4.78, 5) is 0.164. The summed E-state index contributed by atoms with van der Waals surface area (Å²) in [6.45, 7) is 3.65. The van der Waals surface area contributed by atoms with E-state index in [1.54, 1.807) is 19.9 Å². The third-order valence-electron chi connectivity index (χ3n) is 3.06. The number of rotatable bonds is 8. The molecule has 21 heavy (non-hydrogen) atoms. The third-order valence-corrected chi connectivity index (χ3v) is 4.66.